The van der Waals surface area contributed by atoms with Gasteiger partial charge in [0.05, 0.1) is 16.9 Å². The molecule has 3 rings (SSSR count). The number of nitrogens with two attached hydrogens (primary N) is 1. The van der Waals surface area contributed by atoms with Gasteiger partial charge < -0.3 is 20.2 Å². The SMILES string of the molecule is Cn1ncc(NC(=O)c2ccc(COc3ccc(F)cc3Cl)o2)c1C(N)=O. The second-order valence-corrected chi connectivity index (χ2v) is 5.89. The van der Waals surface area contributed by atoms with Crippen LogP contribution in [0, 0.1) is 5.82 Å². The quantitative estimate of drug-likeness (QED) is 0.669. The van der Waals surface area contributed by atoms with Gasteiger partial charge in [-0.15, -0.1) is 0 Å². The van der Waals surface area contributed by atoms with Gasteiger partial charge >= 0.3 is 0 Å². The Morgan fingerprint density at radius 1 is 1.37 bits per heavy atom. The Kier molecular flexibility index (Phi) is 5.13. The number of aromatic nitrogens is 2. The average Bonchev–Trinajstić information content (AvgIpc) is 3.21. The van der Waals surface area contributed by atoms with Crippen molar-refractivity contribution in [3.63, 3.8) is 0 Å². The van der Waals surface area contributed by atoms with Crippen LogP contribution in [0.15, 0.2) is 40.9 Å². The van der Waals surface area contributed by atoms with Gasteiger partial charge in [0.2, 0.25) is 0 Å². The topological polar surface area (TPSA) is 112 Å². The lowest BCUT2D eigenvalue weighted by molar-refractivity contribution is 0.0992. The number of nitrogens with zero attached hydrogens (tertiary/aromatic N) is 2. The van der Waals surface area contributed by atoms with E-state index < -0.39 is 17.6 Å². The average molecular weight is 393 g/mol. The highest BCUT2D eigenvalue weighted by Crippen LogP contribution is 2.26. The number of primary amides is 1. The molecule has 3 N–H and O–H groups in total. The fourth-order valence-corrected chi connectivity index (χ4v) is 2.55. The molecule has 8 nitrogen and oxygen atoms in total. The molecule has 2 amide bonds. The molecule has 140 valence electrons. The number of furan rings is 1. The molecule has 0 aliphatic carbocycles. The molecule has 1 aromatic carbocycles. The summed E-state index contributed by atoms with van der Waals surface area (Å²) < 4.78 is 25.1. The lowest BCUT2D eigenvalue weighted by Crippen LogP contribution is -2.20. The fourth-order valence-electron chi connectivity index (χ4n) is 2.32. The second kappa shape index (κ2) is 7.50. The first-order valence-corrected chi connectivity index (χ1v) is 8.02. The Hall–Kier alpha value is -3.33. The standard InChI is InChI=1S/C17H14ClFN4O4/c1-23-15(16(20)24)12(7-21-23)22-17(25)14-5-3-10(27-14)8-26-13-4-2-9(19)6-11(13)18/h2-7H,8H2,1H3,(H2,20,24)(H,22,25). The zero-order chi connectivity index (χ0) is 19.6. The molecule has 0 atom stereocenters. The van der Waals surface area contributed by atoms with Crippen LogP contribution < -0.4 is 15.8 Å². The van der Waals surface area contributed by atoms with Crippen molar-refractivity contribution in [2.45, 2.75) is 6.61 Å². The van der Waals surface area contributed by atoms with Gasteiger partial charge in [-0.05, 0) is 30.3 Å². The highest BCUT2D eigenvalue weighted by molar-refractivity contribution is 6.32. The molecule has 0 radical (unpaired) electrons. The maximum Gasteiger partial charge on any atom is 0.291 e. The zero-order valence-corrected chi connectivity index (χ0v) is 14.8. The van der Waals surface area contributed by atoms with Crippen molar-refractivity contribution in [3.8, 4) is 5.75 Å². The predicted octanol–water partition coefficient (Wildman–Crippen LogP) is 2.74. The summed E-state index contributed by atoms with van der Waals surface area (Å²) in [4.78, 5) is 23.7. The zero-order valence-electron chi connectivity index (χ0n) is 14.0. The Labute approximate surface area is 157 Å². The van der Waals surface area contributed by atoms with Crippen LogP contribution in [0.2, 0.25) is 5.02 Å². The van der Waals surface area contributed by atoms with Crippen LogP contribution >= 0.6 is 11.6 Å². The van der Waals surface area contributed by atoms with E-state index in [9.17, 15) is 14.0 Å². The van der Waals surface area contributed by atoms with E-state index in [0.717, 1.165) is 6.07 Å². The smallest absolute Gasteiger partial charge is 0.291 e. The molecule has 10 heteroatoms. The first-order valence-electron chi connectivity index (χ1n) is 7.65. The predicted molar refractivity (Wildman–Crippen MR) is 94.1 cm³/mol. The molecule has 0 unspecified atom stereocenters. The Morgan fingerprint density at radius 2 is 2.15 bits per heavy atom. The molecule has 2 aromatic heterocycles. The van der Waals surface area contributed by atoms with Crippen LogP contribution in [0.4, 0.5) is 10.1 Å². The number of hydrogen-bond acceptors (Lipinski definition) is 5. The third-order valence-electron chi connectivity index (χ3n) is 3.57. The number of carbonyl (C=O) groups is 2. The second-order valence-electron chi connectivity index (χ2n) is 5.48. The summed E-state index contributed by atoms with van der Waals surface area (Å²) in [7, 11) is 1.53. The van der Waals surface area contributed by atoms with E-state index in [2.05, 4.69) is 10.4 Å². The van der Waals surface area contributed by atoms with Crippen molar-refractivity contribution in [2.24, 2.45) is 12.8 Å². The molecule has 0 bridgehead atoms. The van der Waals surface area contributed by atoms with Crippen LogP contribution in [-0.2, 0) is 13.7 Å². The van der Waals surface area contributed by atoms with Gasteiger partial charge in [-0.25, -0.2) is 4.39 Å². The number of benzene rings is 1. The van der Waals surface area contributed by atoms with Gasteiger partial charge in [0.25, 0.3) is 11.8 Å². The van der Waals surface area contributed by atoms with Gasteiger partial charge in [0.15, 0.2) is 5.76 Å². The van der Waals surface area contributed by atoms with Crippen molar-refractivity contribution in [1.29, 1.82) is 0 Å². The molecular formula is C17H14ClFN4O4. The van der Waals surface area contributed by atoms with Gasteiger partial charge in [0.1, 0.15) is 29.6 Å². The lowest BCUT2D eigenvalue weighted by atomic mass is 10.3. The van der Waals surface area contributed by atoms with E-state index in [-0.39, 0.29) is 34.5 Å². The van der Waals surface area contributed by atoms with Crippen LogP contribution in [0.25, 0.3) is 0 Å². The first-order chi connectivity index (χ1) is 12.8. The molecule has 0 saturated carbocycles. The molecular weight excluding hydrogens is 379 g/mol. The normalized spacial score (nSPS) is 10.6. The first kappa shape index (κ1) is 18.5. The summed E-state index contributed by atoms with van der Waals surface area (Å²) in [6, 6.07) is 6.72. The van der Waals surface area contributed by atoms with Crippen molar-refractivity contribution >= 4 is 29.1 Å². The number of aryl methyl sites for hydroxylation is 1. The van der Waals surface area contributed by atoms with Gasteiger partial charge in [-0.2, -0.15) is 5.10 Å². The van der Waals surface area contributed by atoms with E-state index in [1.165, 1.54) is 36.1 Å². The van der Waals surface area contributed by atoms with E-state index in [1.807, 2.05) is 0 Å². The highest BCUT2D eigenvalue weighted by atomic mass is 35.5. The summed E-state index contributed by atoms with van der Waals surface area (Å²) in [5, 5.41) is 6.51. The van der Waals surface area contributed by atoms with Crippen LogP contribution in [0.3, 0.4) is 0 Å². The fraction of sp³-hybridized carbons (Fsp3) is 0.118. The van der Waals surface area contributed by atoms with Gasteiger partial charge in [-0.3, -0.25) is 14.3 Å². The number of nitrogens with one attached hydrogen (secondary N) is 1. The van der Waals surface area contributed by atoms with E-state index in [4.69, 9.17) is 26.5 Å². The van der Waals surface area contributed by atoms with Crippen molar-refractivity contribution in [2.75, 3.05) is 5.32 Å². The maximum atomic E-state index is 13.0. The molecule has 3 aromatic rings. The third-order valence-corrected chi connectivity index (χ3v) is 3.87. The molecule has 2 heterocycles. The highest BCUT2D eigenvalue weighted by Gasteiger charge is 2.19. The van der Waals surface area contributed by atoms with Crippen LogP contribution in [-0.4, -0.2) is 21.6 Å². The summed E-state index contributed by atoms with van der Waals surface area (Å²) in [6.07, 6.45) is 1.31. The number of ether oxygens (including phenoxy) is 1. The molecule has 0 saturated heterocycles. The monoisotopic (exact) mass is 392 g/mol. The molecule has 0 aliphatic heterocycles. The van der Waals surface area contributed by atoms with Crippen molar-refractivity contribution < 1.29 is 23.1 Å². The largest absolute Gasteiger partial charge is 0.484 e. The number of halogens is 2. The molecule has 0 aliphatic rings. The number of carbonyl (C=O) groups excluding carboxylic acids is 2. The van der Waals surface area contributed by atoms with Crippen molar-refractivity contribution in [1.82, 2.24) is 9.78 Å². The summed E-state index contributed by atoms with van der Waals surface area (Å²) in [5.41, 5.74) is 5.50. The van der Waals surface area contributed by atoms with Crippen LogP contribution in [0.5, 0.6) is 5.75 Å². The summed E-state index contributed by atoms with van der Waals surface area (Å²) >= 11 is 5.88. The minimum atomic E-state index is -0.727. The van der Waals surface area contributed by atoms with Crippen LogP contribution in [0.1, 0.15) is 26.8 Å². The third kappa shape index (κ3) is 4.09. The molecule has 27 heavy (non-hydrogen) atoms. The van der Waals surface area contributed by atoms with Gasteiger partial charge in [-0.1, -0.05) is 11.6 Å². The number of amides is 2. The maximum absolute atomic E-state index is 13.0. The minimum absolute atomic E-state index is 0.00178. The number of hydrogen-bond donors (Lipinski definition) is 2. The minimum Gasteiger partial charge on any atom is -0.484 e. The Balaban J connectivity index is 1.66. The number of anilines is 1. The van der Waals surface area contributed by atoms with E-state index >= 15 is 0 Å². The van der Waals surface area contributed by atoms with Crippen molar-refractivity contribution in [3.05, 3.63) is 64.6 Å². The van der Waals surface area contributed by atoms with Gasteiger partial charge in [0, 0.05) is 7.05 Å². The molecule has 0 fully saturated rings. The van der Waals surface area contributed by atoms with E-state index in [0.29, 0.717) is 5.76 Å². The lowest BCUT2D eigenvalue weighted by Gasteiger charge is -2.06. The number of rotatable bonds is 6. The van der Waals surface area contributed by atoms with E-state index in [1.54, 1.807) is 6.07 Å². The Morgan fingerprint density at radius 3 is 2.85 bits per heavy atom. The summed E-state index contributed by atoms with van der Waals surface area (Å²) in [6.45, 7) is -0.0158. The summed E-state index contributed by atoms with van der Waals surface area (Å²) in [5.74, 6) is -1.16. The molecule has 0 spiro atoms. The Bertz CT molecular complexity index is 1010.